The molecular formula is C54H33B2NO2S. The average molecular weight is 782 g/mol. The van der Waals surface area contributed by atoms with Gasteiger partial charge in [0.2, 0.25) is 0 Å². The van der Waals surface area contributed by atoms with E-state index >= 15 is 0 Å². The van der Waals surface area contributed by atoms with Gasteiger partial charge in [0.15, 0.2) is 0 Å². The van der Waals surface area contributed by atoms with E-state index in [4.69, 9.17) is 9.47 Å². The molecule has 0 saturated carbocycles. The van der Waals surface area contributed by atoms with Crippen LogP contribution in [0.15, 0.2) is 210 Å². The molecule has 0 aliphatic carbocycles. The summed E-state index contributed by atoms with van der Waals surface area (Å²) in [5.74, 6) is 3.65. The monoisotopic (exact) mass is 781 g/mol. The van der Waals surface area contributed by atoms with Crippen LogP contribution in [-0.4, -0.2) is 13.4 Å². The second-order valence-corrected chi connectivity index (χ2v) is 17.0. The quantitative estimate of drug-likeness (QED) is 0.166. The summed E-state index contributed by atoms with van der Waals surface area (Å²) in [6.07, 6.45) is 0. The molecule has 0 amide bonds. The standard InChI is InChI=1S/C54H33B2NO2S/c1-4-16-34(17-5-1)37-28-46-53-49(29-37)58-47-26-14-11-23-40(47)55(53)42-32-43-51(33-45(42)57(46)44-25-13-10-22-39(44)36-20-8-3-9-21-36)60-52-31-38(35-18-6-2-7-19-35)30-50-54(52)56(43)41-24-12-15-27-48(41)59-50/h1-33H. The molecule has 9 aromatic carbocycles. The molecule has 0 aromatic heterocycles. The van der Waals surface area contributed by atoms with Crippen LogP contribution >= 0.6 is 11.8 Å². The van der Waals surface area contributed by atoms with Crippen LogP contribution in [0.1, 0.15) is 0 Å². The number of ether oxygens (including phenoxy) is 2. The molecule has 0 N–H and O–H groups in total. The molecule has 0 bridgehead atoms. The number of rotatable bonds is 4. The summed E-state index contributed by atoms with van der Waals surface area (Å²) in [6.45, 7) is -0.0422. The minimum atomic E-state index is -0.0494. The van der Waals surface area contributed by atoms with Crippen LogP contribution in [0.25, 0.3) is 33.4 Å². The van der Waals surface area contributed by atoms with Crippen LogP contribution in [-0.2, 0) is 0 Å². The summed E-state index contributed by atoms with van der Waals surface area (Å²) < 4.78 is 13.8. The second-order valence-electron chi connectivity index (χ2n) is 15.9. The molecule has 6 heteroatoms. The Labute approximate surface area is 354 Å². The predicted octanol–water partition coefficient (Wildman–Crippen LogP) is 10.2. The first-order chi connectivity index (χ1) is 29.7. The summed E-state index contributed by atoms with van der Waals surface area (Å²) in [6, 6.07) is 72.5. The van der Waals surface area contributed by atoms with Gasteiger partial charge in [0.25, 0.3) is 13.4 Å². The van der Waals surface area contributed by atoms with Crippen molar-refractivity contribution in [2.24, 2.45) is 0 Å². The highest BCUT2D eigenvalue weighted by Gasteiger charge is 2.46. The molecule has 3 nitrogen and oxygen atoms in total. The van der Waals surface area contributed by atoms with Crippen LogP contribution in [0.3, 0.4) is 0 Å². The van der Waals surface area contributed by atoms with Crippen LogP contribution < -0.4 is 47.2 Å². The Balaban J connectivity index is 1.11. The van der Waals surface area contributed by atoms with Gasteiger partial charge in [-0.2, -0.15) is 0 Å². The molecule has 0 radical (unpaired) electrons. The molecule has 4 heterocycles. The zero-order valence-corrected chi connectivity index (χ0v) is 33.2. The van der Waals surface area contributed by atoms with E-state index in [1.807, 2.05) is 11.8 Å². The molecule has 0 spiro atoms. The molecule has 4 aliphatic heterocycles. The van der Waals surface area contributed by atoms with Crippen molar-refractivity contribution in [1.29, 1.82) is 0 Å². The number of fused-ring (bicyclic) bond motifs is 8. The molecule has 13 rings (SSSR count). The fourth-order valence-corrected chi connectivity index (χ4v) is 11.2. The highest BCUT2D eigenvalue weighted by Crippen LogP contribution is 2.48. The van der Waals surface area contributed by atoms with Crippen molar-refractivity contribution in [1.82, 2.24) is 0 Å². The fourth-order valence-electron chi connectivity index (χ4n) is 10.0. The molecule has 60 heavy (non-hydrogen) atoms. The van der Waals surface area contributed by atoms with Crippen LogP contribution in [0.4, 0.5) is 17.1 Å². The molecule has 0 unspecified atom stereocenters. The molecule has 0 atom stereocenters. The smallest absolute Gasteiger partial charge is 0.256 e. The van der Waals surface area contributed by atoms with Crippen molar-refractivity contribution < 1.29 is 9.47 Å². The third kappa shape index (κ3) is 5.07. The first-order valence-electron chi connectivity index (χ1n) is 20.6. The SMILES string of the molecule is c1ccc(-c2cc3c4c(c2)Sc2cc5c(cc2B4c2ccccc2O3)B2c3ccccc3Oc3cc(-c4ccccc4)cc(c32)N5c2ccccc2-c2ccccc2)cc1. The van der Waals surface area contributed by atoms with Crippen molar-refractivity contribution >= 4 is 75.0 Å². The maximum atomic E-state index is 6.97. The van der Waals surface area contributed by atoms with Gasteiger partial charge in [-0.05, 0) is 104 Å². The maximum absolute atomic E-state index is 6.97. The molecular weight excluding hydrogens is 748 g/mol. The Kier molecular flexibility index (Phi) is 7.43. The van der Waals surface area contributed by atoms with Crippen LogP contribution in [0, 0.1) is 0 Å². The fraction of sp³-hybridized carbons (Fsp3) is 0. The lowest BCUT2D eigenvalue weighted by Crippen LogP contribution is -2.63. The Bertz CT molecular complexity index is 3210. The van der Waals surface area contributed by atoms with Crippen molar-refractivity contribution in [3.63, 3.8) is 0 Å². The summed E-state index contributed by atoms with van der Waals surface area (Å²) >= 11 is 1.87. The third-order valence-corrected chi connectivity index (χ3v) is 13.8. The predicted molar refractivity (Wildman–Crippen MR) is 250 cm³/mol. The van der Waals surface area contributed by atoms with E-state index in [0.717, 1.165) is 51.1 Å². The van der Waals surface area contributed by atoms with E-state index < -0.39 is 0 Å². The van der Waals surface area contributed by atoms with E-state index in [9.17, 15) is 0 Å². The summed E-state index contributed by atoms with van der Waals surface area (Å²) in [5, 5.41) is 0. The molecule has 0 fully saturated rings. The lowest BCUT2D eigenvalue weighted by atomic mass is 9.31. The maximum Gasteiger partial charge on any atom is 0.256 e. The van der Waals surface area contributed by atoms with E-state index in [0.29, 0.717) is 0 Å². The van der Waals surface area contributed by atoms with Crippen LogP contribution in [0.5, 0.6) is 23.0 Å². The summed E-state index contributed by atoms with van der Waals surface area (Å²) in [4.78, 5) is 5.01. The van der Waals surface area contributed by atoms with E-state index in [-0.39, 0.29) is 13.4 Å². The zero-order chi connectivity index (χ0) is 39.3. The van der Waals surface area contributed by atoms with Gasteiger partial charge < -0.3 is 14.4 Å². The first kappa shape index (κ1) is 33.8. The number of hydrogen-bond donors (Lipinski definition) is 0. The molecule has 9 aromatic rings. The van der Waals surface area contributed by atoms with Gasteiger partial charge in [0, 0.05) is 26.7 Å². The van der Waals surface area contributed by atoms with Crippen molar-refractivity contribution in [3.05, 3.63) is 200 Å². The summed E-state index contributed by atoms with van der Waals surface area (Å²) in [7, 11) is 0. The lowest BCUT2D eigenvalue weighted by molar-refractivity contribution is 0.486. The summed E-state index contributed by atoms with van der Waals surface area (Å²) in [5.41, 5.74) is 17.8. The van der Waals surface area contributed by atoms with Gasteiger partial charge in [-0.15, -0.1) is 0 Å². The number of hydrogen-bond acceptors (Lipinski definition) is 4. The Hall–Kier alpha value is -7.14. The van der Waals surface area contributed by atoms with Crippen molar-refractivity contribution in [2.45, 2.75) is 9.79 Å². The van der Waals surface area contributed by atoms with Crippen molar-refractivity contribution in [3.8, 4) is 56.4 Å². The number of anilines is 3. The van der Waals surface area contributed by atoms with E-state index in [1.165, 1.54) is 64.9 Å². The topological polar surface area (TPSA) is 21.7 Å². The number of benzene rings is 9. The van der Waals surface area contributed by atoms with Gasteiger partial charge in [0.05, 0.1) is 5.69 Å². The van der Waals surface area contributed by atoms with Gasteiger partial charge in [-0.3, -0.25) is 0 Å². The number of para-hydroxylation sites is 3. The Morgan fingerprint density at radius 2 is 0.867 bits per heavy atom. The van der Waals surface area contributed by atoms with Crippen LogP contribution in [0.2, 0.25) is 0 Å². The largest absolute Gasteiger partial charge is 0.458 e. The average Bonchev–Trinajstić information content (AvgIpc) is 3.31. The van der Waals surface area contributed by atoms with Gasteiger partial charge in [-0.1, -0.05) is 169 Å². The minimum absolute atomic E-state index is 0.00721. The Morgan fingerprint density at radius 1 is 0.333 bits per heavy atom. The normalized spacial score (nSPS) is 13.4. The van der Waals surface area contributed by atoms with E-state index in [2.05, 4.69) is 205 Å². The molecule has 278 valence electrons. The highest BCUT2D eigenvalue weighted by molar-refractivity contribution is 8.00. The highest BCUT2D eigenvalue weighted by atomic mass is 32.2. The van der Waals surface area contributed by atoms with Crippen molar-refractivity contribution in [2.75, 3.05) is 4.90 Å². The van der Waals surface area contributed by atoms with Gasteiger partial charge in [0.1, 0.15) is 23.0 Å². The van der Waals surface area contributed by atoms with E-state index in [1.54, 1.807) is 0 Å². The minimum Gasteiger partial charge on any atom is -0.458 e. The van der Waals surface area contributed by atoms with Gasteiger partial charge >= 0.3 is 0 Å². The zero-order valence-electron chi connectivity index (χ0n) is 32.4. The molecule has 4 aliphatic rings. The second kappa shape index (κ2) is 13.2. The third-order valence-electron chi connectivity index (χ3n) is 12.6. The van der Waals surface area contributed by atoms with Gasteiger partial charge in [-0.25, -0.2) is 0 Å². The molecule has 0 saturated heterocycles. The first-order valence-corrected chi connectivity index (χ1v) is 21.4. The number of nitrogens with zero attached hydrogens (tertiary/aromatic N) is 1. The lowest BCUT2D eigenvalue weighted by Gasteiger charge is -2.42. The Morgan fingerprint density at radius 3 is 1.53 bits per heavy atom.